The van der Waals surface area contributed by atoms with Gasteiger partial charge in [0.15, 0.2) is 0 Å². The fourth-order valence-corrected chi connectivity index (χ4v) is 1.55. The summed E-state index contributed by atoms with van der Waals surface area (Å²) < 4.78 is 36.1. The molecule has 0 saturated carbocycles. The van der Waals surface area contributed by atoms with Crippen LogP contribution < -0.4 is 11.1 Å². The van der Waals surface area contributed by atoms with Crippen LogP contribution >= 0.6 is 23.2 Å². The highest BCUT2D eigenvalue weighted by molar-refractivity contribution is 6.38. The summed E-state index contributed by atoms with van der Waals surface area (Å²) in [5.74, 6) is -3.18. The van der Waals surface area contributed by atoms with Crippen molar-refractivity contribution in [3.63, 3.8) is 0 Å². The lowest BCUT2D eigenvalue weighted by Crippen LogP contribution is -2.30. The summed E-state index contributed by atoms with van der Waals surface area (Å²) in [6, 6.07) is 1.88. The quantitative estimate of drug-likeness (QED) is 0.881. The molecule has 98 valence electrons. The van der Waals surface area contributed by atoms with Gasteiger partial charge in [0, 0.05) is 0 Å². The summed E-state index contributed by atoms with van der Waals surface area (Å²) in [6.07, 6.45) is -5.07. The van der Waals surface area contributed by atoms with Crippen LogP contribution in [-0.2, 0) is 4.79 Å². The normalized spacial score (nSPS) is 11.2. The Balaban J connectivity index is 3.14. The molecule has 0 saturated heterocycles. The van der Waals surface area contributed by atoms with Gasteiger partial charge in [-0.15, -0.1) is 0 Å². The maximum Gasteiger partial charge on any atom is 0.471 e. The van der Waals surface area contributed by atoms with Gasteiger partial charge in [0.05, 0.1) is 21.3 Å². The van der Waals surface area contributed by atoms with E-state index in [1.807, 2.05) is 0 Å². The van der Waals surface area contributed by atoms with Crippen LogP contribution in [0.1, 0.15) is 10.4 Å². The standard InChI is InChI=1S/C9H5Cl2F3N2O2/c10-4-2-5(11)6(1-3(4)7(15)17)16-8(18)9(12,13)14/h1-2H,(H2,15,17)(H,16,18). The van der Waals surface area contributed by atoms with Gasteiger partial charge in [0.2, 0.25) is 5.91 Å². The molecule has 4 nitrogen and oxygen atoms in total. The minimum atomic E-state index is -5.07. The largest absolute Gasteiger partial charge is 0.471 e. The van der Waals surface area contributed by atoms with E-state index in [9.17, 15) is 22.8 Å². The van der Waals surface area contributed by atoms with E-state index >= 15 is 0 Å². The van der Waals surface area contributed by atoms with Gasteiger partial charge in [-0.3, -0.25) is 9.59 Å². The third-order valence-corrected chi connectivity index (χ3v) is 2.45. The van der Waals surface area contributed by atoms with E-state index in [2.05, 4.69) is 0 Å². The molecule has 18 heavy (non-hydrogen) atoms. The van der Waals surface area contributed by atoms with Crippen LogP contribution in [0.4, 0.5) is 18.9 Å². The summed E-state index contributed by atoms with van der Waals surface area (Å²) in [6.45, 7) is 0. The van der Waals surface area contributed by atoms with Gasteiger partial charge in [0.1, 0.15) is 0 Å². The minimum absolute atomic E-state index is 0.127. The van der Waals surface area contributed by atoms with E-state index in [1.54, 1.807) is 0 Å². The second kappa shape index (κ2) is 5.03. The minimum Gasteiger partial charge on any atom is -0.366 e. The number of carbonyl (C=O) groups excluding carboxylic acids is 2. The molecule has 0 bridgehead atoms. The van der Waals surface area contributed by atoms with Crippen LogP contribution in [-0.4, -0.2) is 18.0 Å². The van der Waals surface area contributed by atoms with E-state index in [1.165, 1.54) is 5.32 Å². The van der Waals surface area contributed by atoms with Gasteiger partial charge in [-0.25, -0.2) is 0 Å². The molecule has 0 fully saturated rings. The topological polar surface area (TPSA) is 72.2 Å². The summed E-state index contributed by atoms with van der Waals surface area (Å²) in [7, 11) is 0. The Hall–Kier alpha value is -1.47. The second-order valence-corrected chi connectivity index (χ2v) is 3.94. The van der Waals surface area contributed by atoms with Crippen molar-refractivity contribution in [1.82, 2.24) is 0 Å². The molecule has 0 aromatic heterocycles. The Morgan fingerprint density at radius 1 is 1.17 bits per heavy atom. The summed E-state index contributed by atoms with van der Waals surface area (Å²) >= 11 is 11.2. The molecule has 0 spiro atoms. The van der Waals surface area contributed by atoms with E-state index in [-0.39, 0.29) is 15.6 Å². The first-order valence-electron chi connectivity index (χ1n) is 4.30. The van der Waals surface area contributed by atoms with E-state index in [0.29, 0.717) is 0 Å². The van der Waals surface area contributed by atoms with Crippen LogP contribution in [0, 0.1) is 0 Å². The first-order valence-corrected chi connectivity index (χ1v) is 5.05. The van der Waals surface area contributed by atoms with Crippen LogP contribution in [0.25, 0.3) is 0 Å². The SMILES string of the molecule is NC(=O)c1cc(NC(=O)C(F)(F)F)c(Cl)cc1Cl. The number of amides is 2. The van der Waals surface area contributed by atoms with Gasteiger partial charge in [-0.05, 0) is 12.1 Å². The number of hydrogen-bond acceptors (Lipinski definition) is 2. The van der Waals surface area contributed by atoms with Gasteiger partial charge in [-0.1, -0.05) is 23.2 Å². The molecule has 0 radical (unpaired) electrons. The Labute approximate surface area is 109 Å². The molecular weight excluding hydrogens is 296 g/mol. The molecule has 0 heterocycles. The molecular formula is C9H5Cl2F3N2O2. The van der Waals surface area contributed by atoms with Gasteiger partial charge < -0.3 is 11.1 Å². The third-order valence-electron chi connectivity index (χ3n) is 1.83. The molecule has 2 amide bonds. The van der Waals surface area contributed by atoms with Crippen molar-refractivity contribution in [3.05, 3.63) is 27.7 Å². The molecule has 9 heteroatoms. The molecule has 1 aromatic rings. The van der Waals surface area contributed by atoms with Gasteiger partial charge in [-0.2, -0.15) is 13.2 Å². The molecule has 0 aliphatic rings. The van der Waals surface area contributed by atoms with E-state index in [4.69, 9.17) is 28.9 Å². The molecule has 3 N–H and O–H groups in total. The number of halogens is 5. The van der Waals surface area contributed by atoms with Crippen molar-refractivity contribution in [1.29, 1.82) is 0 Å². The highest BCUT2D eigenvalue weighted by atomic mass is 35.5. The Bertz CT molecular complexity index is 517. The van der Waals surface area contributed by atoms with Crippen molar-refractivity contribution in [2.75, 3.05) is 5.32 Å². The zero-order valence-corrected chi connectivity index (χ0v) is 9.95. The molecule has 1 rings (SSSR count). The maximum absolute atomic E-state index is 12.0. The molecule has 0 aliphatic heterocycles. The lowest BCUT2D eigenvalue weighted by Gasteiger charge is -2.11. The van der Waals surface area contributed by atoms with Crippen LogP contribution in [0.2, 0.25) is 10.0 Å². The van der Waals surface area contributed by atoms with Crippen molar-refractivity contribution in [2.45, 2.75) is 6.18 Å². The highest BCUT2D eigenvalue weighted by Crippen LogP contribution is 2.30. The number of benzene rings is 1. The number of hydrogen-bond donors (Lipinski definition) is 2. The van der Waals surface area contributed by atoms with Crippen LogP contribution in [0.15, 0.2) is 12.1 Å². The zero-order valence-electron chi connectivity index (χ0n) is 8.44. The van der Waals surface area contributed by atoms with Crippen molar-refractivity contribution >= 4 is 40.7 Å². The fraction of sp³-hybridized carbons (Fsp3) is 0.111. The number of rotatable bonds is 2. The van der Waals surface area contributed by atoms with Gasteiger partial charge >= 0.3 is 12.1 Å². The summed E-state index contributed by atoms with van der Waals surface area (Å²) in [5.41, 5.74) is 4.29. The second-order valence-electron chi connectivity index (χ2n) is 3.13. The average molecular weight is 301 g/mol. The predicted molar refractivity (Wildman–Crippen MR) is 59.7 cm³/mol. The maximum atomic E-state index is 12.0. The van der Waals surface area contributed by atoms with Gasteiger partial charge in [0.25, 0.3) is 0 Å². The molecule has 1 aromatic carbocycles. The number of primary amides is 1. The van der Waals surface area contributed by atoms with Crippen molar-refractivity contribution in [2.24, 2.45) is 5.73 Å². The Morgan fingerprint density at radius 3 is 2.17 bits per heavy atom. The zero-order chi connectivity index (χ0) is 14.1. The lowest BCUT2D eigenvalue weighted by atomic mass is 10.2. The lowest BCUT2D eigenvalue weighted by molar-refractivity contribution is -0.167. The first kappa shape index (κ1) is 14.6. The highest BCUT2D eigenvalue weighted by Gasteiger charge is 2.39. The van der Waals surface area contributed by atoms with E-state index < -0.39 is 23.7 Å². The first-order chi connectivity index (χ1) is 8.12. The van der Waals surface area contributed by atoms with Crippen molar-refractivity contribution in [3.8, 4) is 0 Å². The smallest absolute Gasteiger partial charge is 0.366 e. The van der Waals surface area contributed by atoms with Crippen LogP contribution in [0.3, 0.4) is 0 Å². The fourth-order valence-electron chi connectivity index (χ4n) is 1.03. The molecule has 0 aliphatic carbocycles. The number of carbonyl (C=O) groups is 2. The number of nitrogens with two attached hydrogens (primary N) is 1. The average Bonchev–Trinajstić information content (AvgIpc) is 2.19. The molecule has 0 atom stereocenters. The number of anilines is 1. The van der Waals surface area contributed by atoms with Crippen LogP contribution in [0.5, 0.6) is 0 Å². The number of alkyl halides is 3. The van der Waals surface area contributed by atoms with E-state index in [0.717, 1.165) is 12.1 Å². The summed E-state index contributed by atoms with van der Waals surface area (Å²) in [4.78, 5) is 21.6. The Kier molecular flexibility index (Phi) is 4.08. The number of nitrogens with one attached hydrogen (secondary N) is 1. The summed E-state index contributed by atoms with van der Waals surface area (Å²) in [5, 5.41) is 1.14. The monoisotopic (exact) mass is 300 g/mol. The predicted octanol–water partition coefficient (Wildman–Crippen LogP) is 2.59. The third kappa shape index (κ3) is 3.27. The van der Waals surface area contributed by atoms with Crippen molar-refractivity contribution < 1.29 is 22.8 Å². The Morgan fingerprint density at radius 2 is 1.72 bits per heavy atom. The molecule has 0 unspecified atom stereocenters.